The summed E-state index contributed by atoms with van der Waals surface area (Å²) in [6, 6.07) is 4.89. The number of carbonyl (C=O) groups is 1. The molecule has 0 bridgehead atoms. The average molecular weight is 238 g/mol. The van der Waals surface area contributed by atoms with Gasteiger partial charge in [-0.15, -0.1) is 0 Å². The summed E-state index contributed by atoms with van der Waals surface area (Å²) < 4.78 is 0. The van der Waals surface area contributed by atoms with Crippen molar-refractivity contribution in [2.45, 2.75) is 13.8 Å². The van der Waals surface area contributed by atoms with Crippen LogP contribution in [0.15, 0.2) is 18.2 Å². The molecule has 3 N–H and O–H groups in total. The van der Waals surface area contributed by atoms with Crippen molar-refractivity contribution in [3.05, 3.63) is 29.3 Å². The van der Waals surface area contributed by atoms with E-state index in [1.807, 2.05) is 13.8 Å². The van der Waals surface area contributed by atoms with Gasteiger partial charge in [0.2, 0.25) is 0 Å². The van der Waals surface area contributed by atoms with Gasteiger partial charge in [0, 0.05) is 12.2 Å². The van der Waals surface area contributed by atoms with Crippen LogP contribution in [0.25, 0.3) is 0 Å². The van der Waals surface area contributed by atoms with Crippen molar-refractivity contribution in [3.63, 3.8) is 0 Å². The molecule has 0 saturated carbocycles. The fraction of sp³-hybridized carbons (Fsp3) is 0.273. The molecular weight excluding hydrogens is 224 g/mol. The molecule has 0 fully saturated rings. The number of aryl methyl sites for hydroxylation is 1. The zero-order valence-corrected chi connectivity index (χ0v) is 10.0. The van der Waals surface area contributed by atoms with Gasteiger partial charge < -0.3 is 15.7 Å². The first-order valence-electron chi connectivity index (χ1n) is 4.93. The Morgan fingerprint density at radius 2 is 2.19 bits per heavy atom. The molecule has 4 nitrogen and oxygen atoms in total. The number of carboxylic acids is 1. The van der Waals surface area contributed by atoms with Gasteiger partial charge in [-0.3, -0.25) is 0 Å². The minimum Gasteiger partial charge on any atom is -0.478 e. The van der Waals surface area contributed by atoms with Gasteiger partial charge in [-0.1, -0.05) is 6.07 Å². The van der Waals surface area contributed by atoms with Crippen LogP contribution >= 0.6 is 12.2 Å². The van der Waals surface area contributed by atoms with Crippen molar-refractivity contribution in [3.8, 4) is 0 Å². The molecule has 5 heteroatoms. The van der Waals surface area contributed by atoms with Gasteiger partial charge >= 0.3 is 5.97 Å². The van der Waals surface area contributed by atoms with E-state index in [1.165, 1.54) is 0 Å². The highest BCUT2D eigenvalue weighted by Crippen LogP contribution is 2.16. The average Bonchev–Trinajstić information content (AvgIpc) is 2.21. The number of nitrogens with one attached hydrogen (secondary N) is 2. The predicted molar refractivity (Wildman–Crippen MR) is 68.0 cm³/mol. The molecule has 0 aliphatic heterocycles. The quantitative estimate of drug-likeness (QED) is 0.703. The van der Waals surface area contributed by atoms with Crippen LogP contribution in [0.3, 0.4) is 0 Å². The Labute approximate surface area is 99.7 Å². The molecule has 0 aliphatic rings. The van der Waals surface area contributed by atoms with Crippen LogP contribution in [0.1, 0.15) is 22.8 Å². The van der Waals surface area contributed by atoms with Gasteiger partial charge in [0.25, 0.3) is 0 Å². The number of hydrogen-bond acceptors (Lipinski definition) is 2. The van der Waals surface area contributed by atoms with Crippen LogP contribution in [0.2, 0.25) is 0 Å². The Morgan fingerprint density at radius 3 is 2.75 bits per heavy atom. The van der Waals surface area contributed by atoms with E-state index in [0.29, 0.717) is 10.8 Å². The standard InChI is InChI=1S/C11H14N2O2S/c1-3-12-11(16)13-9-6-8(10(14)15)5-4-7(9)2/h4-6H,3H2,1-2H3,(H,14,15)(H2,12,13,16). The summed E-state index contributed by atoms with van der Waals surface area (Å²) in [4.78, 5) is 10.8. The molecule has 86 valence electrons. The van der Waals surface area contributed by atoms with Gasteiger partial charge in [-0.05, 0) is 43.8 Å². The Balaban J connectivity index is 2.90. The minimum absolute atomic E-state index is 0.243. The second-order valence-corrected chi connectivity index (χ2v) is 3.73. The van der Waals surface area contributed by atoms with Crippen LogP contribution in [0.5, 0.6) is 0 Å². The Bertz CT molecular complexity index is 418. The zero-order chi connectivity index (χ0) is 12.1. The highest BCUT2D eigenvalue weighted by Gasteiger charge is 2.06. The van der Waals surface area contributed by atoms with E-state index in [-0.39, 0.29) is 5.56 Å². The lowest BCUT2D eigenvalue weighted by molar-refractivity contribution is 0.0697. The number of benzene rings is 1. The van der Waals surface area contributed by atoms with E-state index in [0.717, 1.165) is 12.1 Å². The van der Waals surface area contributed by atoms with Crippen LogP contribution in [0.4, 0.5) is 5.69 Å². The zero-order valence-electron chi connectivity index (χ0n) is 9.20. The predicted octanol–water partition coefficient (Wildman–Crippen LogP) is 2.00. The summed E-state index contributed by atoms with van der Waals surface area (Å²) in [5, 5.41) is 15.3. The second kappa shape index (κ2) is 5.46. The lowest BCUT2D eigenvalue weighted by atomic mass is 10.1. The Hall–Kier alpha value is -1.62. The van der Waals surface area contributed by atoms with Gasteiger partial charge in [-0.25, -0.2) is 4.79 Å². The summed E-state index contributed by atoms with van der Waals surface area (Å²) >= 11 is 5.03. The fourth-order valence-electron chi connectivity index (χ4n) is 1.22. The van der Waals surface area contributed by atoms with E-state index in [1.54, 1.807) is 18.2 Å². The number of thiocarbonyl (C=S) groups is 1. The third-order valence-electron chi connectivity index (χ3n) is 2.07. The third kappa shape index (κ3) is 3.20. The van der Waals surface area contributed by atoms with Gasteiger partial charge in [0.05, 0.1) is 5.56 Å². The highest BCUT2D eigenvalue weighted by molar-refractivity contribution is 7.80. The van der Waals surface area contributed by atoms with Crippen molar-refractivity contribution in [1.82, 2.24) is 5.32 Å². The molecule has 0 unspecified atom stereocenters. The van der Waals surface area contributed by atoms with Crippen LogP contribution < -0.4 is 10.6 Å². The molecule has 1 rings (SSSR count). The van der Waals surface area contributed by atoms with Crippen molar-refractivity contribution < 1.29 is 9.90 Å². The summed E-state index contributed by atoms with van der Waals surface area (Å²) in [5.74, 6) is -0.947. The molecule has 0 aliphatic carbocycles. The molecular formula is C11H14N2O2S. The minimum atomic E-state index is -0.947. The van der Waals surface area contributed by atoms with Gasteiger partial charge in [-0.2, -0.15) is 0 Å². The molecule has 0 heterocycles. The molecule has 16 heavy (non-hydrogen) atoms. The number of carboxylic acid groups (broad SMARTS) is 1. The second-order valence-electron chi connectivity index (χ2n) is 3.32. The number of hydrogen-bond donors (Lipinski definition) is 3. The maximum absolute atomic E-state index is 10.8. The van der Waals surface area contributed by atoms with Crippen molar-refractivity contribution in [1.29, 1.82) is 0 Å². The molecule has 0 radical (unpaired) electrons. The third-order valence-corrected chi connectivity index (χ3v) is 2.32. The first-order valence-corrected chi connectivity index (χ1v) is 5.34. The molecule has 0 saturated heterocycles. The molecule has 0 amide bonds. The topological polar surface area (TPSA) is 61.4 Å². The number of anilines is 1. The van der Waals surface area contributed by atoms with Crippen molar-refractivity contribution in [2.75, 3.05) is 11.9 Å². The SMILES string of the molecule is CCNC(=S)Nc1cc(C(=O)O)ccc1C. The monoisotopic (exact) mass is 238 g/mol. The largest absolute Gasteiger partial charge is 0.478 e. The van der Waals surface area contributed by atoms with Crippen LogP contribution in [0, 0.1) is 6.92 Å². The van der Waals surface area contributed by atoms with E-state index in [4.69, 9.17) is 17.3 Å². The molecule has 0 aromatic heterocycles. The summed E-state index contributed by atoms with van der Waals surface area (Å²) in [7, 11) is 0. The van der Waals surface area contributed by atoms with Crippen LogP contribution in [-0.4, -0.2) is 22.7 Å². The Morgan fingerprint density at radius 1 is 1.50 bits per heavy atom. The lowest BCUT2D eigenvalue weighted by Gasteiger charge is -2.11. The molecule has 0 spiro atoms. The molecule has 1 aromatic rings. The van der Waals surface area contributed by atoms with E-state index >= 15 is 0 Å². The first kappa shape index (κ1) is 12.4. The maximum atomic E-state index is 10.8. The van der Waals surface area contributed by atoms with E-state index < -0.39 is 5.97 Å². The summed E-state index contributed by atoms with van der Waals surface area (Å²) in [5.41, 5.74) is 1.91. The fourth-order valence-corrected chi connectivity index (χ4v) is 1.47. The molecule has 0 atom stereocenters. The van der Waals surface area contributed by atoms with E-state index in [2.05, 4.69) is 10.6 Å². The first-order chi connectivity index (χ1) is 7.54. The summed E-state index contributed by atoms with van der Waals surface area (Å²) in [6.45, 7) is 4.56. The van der Waals surface area contributed by atoms with Crippen LogP contribution in [-0.2, 0) is 0 Å². The van der Waals surface area contributed by atoms with E-state index in [9.17, 15) is 4.79 Å². The van der Waals surface area contributed by atoms with Gasteiger partial charge in [0.15, 0.2) is 5.11 Å². The Kier molecular flexibility index (Phi) is 4.25. The maximum Gasteiger partial charge on any atom is 0.335 e. The summed E-state index contributed by atoms with van der Waals surface area (Å²) in [6.07, 6.45) is 0. The van der Waals surface area contributed by atoms with Crippen molar-refractivity contribution in [2.24, 2.45) is 0 Å². The van der Waals surface area contributed by atoms with Crippen molar-refractivity contribution >= 4 is 29.0 Å². The number of rotatable bonds is 3. The lowest BCUT2D eigenvalue weighted by Crippen LogP contribution is -2.28. The molecule has 1 aromatic carbocycles. The smallest absolute Gasteiger partial charge is 0.335 e. The number of aromatic carboxylic acids is 1. The highest BCUT2D eigenvalue weighted by atomic mass is 32.1. The van der Waals surface area contributed by atoms with Gasteiger partial charge in [0.1, 0.15) is 0 Å². The normalized spacial score (nSPS) is 9.62.